The molecule has 1 heterocycles. The monoisotopic (exact) mass is 350 g/mol. The largest absolute Gasteiger partial charge is 0.426 e. The van der Waals surface area contributed by atoms with Crippen LogP contribution >= 0.6 is 0 Å². The van der Waals surface area contributed by atoms with Crippen LogP contribution in [-0.2, 0) is 14.3 Å². The first-order valence-corrected chi connectivity index (χ1v) is 8.02. The lowest BCUT2D eigenvalue weighted by molar-refractivity contribution is -0.132. The molecule has 0 saturated carbocycles. The zero-order valence-corrected chi connectivity index (χ0v) is 14.7. The fourth-order valence-corrected chi connectivity index (χ4v) is 2.44. The van der Waals surface area contributed by atoms with Crippen LogP contribution in [0, 0.1) is 0 Å². The van der Waals surface area contributed by atoms with Crippen molar-refractivity contribution in [2.75, 3.05) is 19.0 Å². The van der Waals surface area contributed by atoms with Crippen LogP contribution < -0.4 is 9.64 Å². The van der Waals surface area contributed by atoms with Crippen molar-refractivity contribution in [1.29, 1.82) is 0 Å². The number of rotatable bonds is 4. The Hall–Kier alpha value is -3.41. The summed E-state index contributed by atoms with van der Waals surface area (Å²) < 4.78 is 10.4. The molecule has 0 spiro atoms. The third kappa shape index (κ3) is 3.80. The third-order valence-electron chi connectivity index (χ3n) is 3.70. The zero-order valence-electron chi connectivity index (χ0n) is 14.7. The highest BCUT2D eigenvalue weighted by molar-refractivity contribution is 6.14. The quantitative estimate of drug-likeness (QED) is 0.482. The van der Waals surface area contributed by atoms with Gasteiger partial charge in [0.2, 0.25) is 5.90 Å². The van der Waals surface area contributed by atoms with Crippen molar-refractivity contribution in [3.05, 3.63) is 65.4 Å². The molecular formula is C20H18N2O4. The number of anilines is 1. The summed E-state index contributed by atoms with van der Waals surface area (Å²) in [6.07, 6.45) is 1.66. The highest BCUT2D eigenvalue weighted by Crippen LogP contribution is 2.25. The minimum absolute atomic E-state index is 0.114. The van der Waals surface area contributed by atoms with Crippen molar-refractivity contribution >= 4 is 29.6 Å². The van der Waals surface area contributed by atoms with Crippen LogP contribution in [0.25, 0.3) is 6.08 Å². The van der Waals surface area contributed by atoms with Gasteiger partial charge in [0.05, 0.1) is 5.56 Å². The summed E-state index contributed by atoms with van der Waals surface area (Å²) in [5.41, 5.74) is 2.53. The number of carbonyl (C=O) groups is 2. The van der Waals surface area contributed by atoms with Crippen LogP contribution in [0.15, 0.2) is 59.2 Å². The number of carbonyl (C=O) groups excluding carboxylic acids is 2. The Kier molecular flexibility index (Phi) is 4.84. The van der Waals surface area contributed by atoms with E-state index in [1.165, 1.54) is 6.92 Å². The Morgan fingerprint density at radius 1 is 1.12 bits per heavy atom. The lowest BCUT2D eigenvalue weighted by Gasteiger charge is -2.11. The predicted molar refractivity (Wildman–Crippen MR) is 99.1 cm³/mol. The Morgan fingerprint density at radius 3 is 2.46 bits per heavy atom. The predicted octanol–water partition coefficient (Wildman–Crippen LogP) is 3.02. The molecule has 0 amide bonds. The lowest BCUT2D eigenvalue weighted by atomic mass is 10.1. The number of nitrogens with zero attached hydrogens (tertiary/aromatic N) is 2. The van der Waals surface area contributed by atoms with Crippen molar-refractivity contribution < 1.29 is 19.1 Å². The number of aliphatic imine (C=N–C) groups is 1. The third-order valence-corrected chi connectivity index (χ3v) is 3.70. The topological polar surface area (TPSA) is 68.2 Å². The van der Waals surface area contributed by atoms with Crippen molar-refractivity contribution in [2.24, 2.45) is 4.99 Å². The number of cyclic esters (lactones) is 1. The first-order valence-electron chi connectivity index (χ1n) is 8.02. The van der Waals surface area contributed by atoms with E-state index in [1.807, 2.05) is 43.3 Å². The first kappa shape index (κ1) is 17.4. The SMILES string of the molecule is CC(=O)Oc1ccccc1C1=NC(=Cc2ccc(N(C)C)cc2)C(=O)O1. The number of ether oxygens (including phenoxy) is 2. The average Bonchev–Trinajstić information content (AvgIpc) is 2.96. The summed E-state index contributed by atoms with van der Waals surface area (Å²) in [5.74, 6) is -0.598. The standard InChI is InChI=1S/C20H18N2O4/c1-13(23)25-18-7-5-4-6-16(18)19-21-17(20(24)26-19)12-14-8-10-15(11-9-14)22(2)3/h4-12H,1-3H3. The summed E-state index contributed by atoms with van der Waals surface area (Å²) in [4.78, 5) is 29.6. The molecule has 6 nitrogen and oxygen atoms in total. The molecule has 1 aliphatic rings. The Morgan fingerprint density at radius 2 is 1.81 bits per heavy atom. The molecule has 1 aliphatic heterocycles. The number of para-hydroxylation sites is 1. The average molecular weight is 350 g/mol. The number of hydrogen-bond acceptors (Lipinski definition) is 6. The van der Waals surface area contributed by atoms with Gasteiger partial charge in [-0.05, 0) is 35.9 Å². The maximum absolute atomic E-state index is 12.1. The van der Waals surface area contributed by atoms with Gasteiger partial charge in [-0.2, -0.15) is 0 Å². The van der Waals surface area contributed by atoms with E-state index in [0.29, 0.717) is 11.3 Å². The van der Waals surface area contributed by atoms with E-state index in [1.54, 1.807) is 30.3 Å². The van der Waals surface area contributed by atoms with E-state index >= 15 is 0 Å². The van der Waals surface area contributed by atoms with E-state index in [-0.39, 0.29) is 11.6 Å². The number of hydrogen-bond donors (Lipinski definition) is 0. The minimum atomic E-state index is -0.547. The van der Waals surface area contributed by atoms with Crippen LogP contribution in [0.2, 0.25) is 0 Å². The van der Waals surface area contributed by atoms with E-state index in [4.69, 9.17) is 9.47 Å². The molecule has 2 aromatic rings. The summed E-state index contributed by atoms with van der Waals surface area (Å²) in [5, 5.41) is 0. The molecule has 0 unspecified atom stereocenters. The second-order valence-electron chi connectivity index (χ2n) is 5.91. The highest BCUT2D eigenvalue weighted by Gasteiger charge is 2.26. The summed E-state index contributed by atoms with van der Waals surface area (Å²) >= 11 is 0. The minimum Gasteiger partial charge on any atom is -0.426 e. The zero-order chi connectivity index (χ0) is 18.7. The molecular weight excluding hydrogens is 332 g/mol. The van der Waals surface area contributed by atoms with Crippen LogP contribution in [0.3, 0.4) is 0 Å². The van der Waals surface area contributed by atoms with Gasteiger partial charge in [-0.25, -0.2) is 9.79 Å². The molecule has 0 bridgehead atoms. The Balaban J connectivity index is 1.91. The Labute approximate surface area is 151 Å². The van der Waals surface area contributed by atoms with Crippen molar-refractivity contribution in [3.63, 3.8) is 0 Å². The molecule has 26 heavy (non-hydrogen) atoms. The summed E-state index contributed by atoms with van der Waals surface area (Å²) in [6, 6.07) is 14.5. The molecule has 0 saturated heterocycles. The van der Waals surface area contributed by atoms with Gasteiger partial charge in [0.1, 0.15) is 5.75 Å². The van der Waals surface area contributed by atoms with Crippen LogP contribution in [-0.4, -0.2) is 31.9 Å². The molecule has 0 radical (unpaired) electrons. The van der Waals surface area contributed by atoms with Crippen LogP contribution in [0.4, 0.5) is 5.69 Å². The number of benzene rings is 2. The molecule has 0 fully saturated rings. The van der Waals surface area contributed by atoms with E-state index in [0.717, 1.165) is 11.3 Å². The van der Waals surface area contributed by atoms with E-state index < -0.39 is 11.9 Å². The van der Waals surface area contributed by atoms with Gasteiger partial charge in [-0.15, -0.1) is 0 Å². The second kappa shape index (κ2) is 7.23. The van der Waals surface area contributed by atoms with Gasteiger partial charge in [-0.1, -0.05) is 24.3 Å². The highest BCUT2D eigenvalue weighted by atomic mass is 16.6. The van der Waals surface area contributed by atoms with Crippen molar-refractivity contribution in [3.8, 4) is 5.75 Å². The van der Waals surface area contributed by atoms with Gasteiger partial charge in [0, 0.05) is 26.7 Å². The fourth-order valence-electron chi connectivity index (χ4n) is 2.44. The molecule has 0 atom stereocenters. The van der Waals surface area contributed by atoms with Crippen LogP contribution in [0.1, 0.15) is 18.1 Å². The van der Waals surface area contributed by atoms with E-state index in [9.17, 15) is 9.59 Å². The smallest absolute Gasteiger partial charge is 0.363 e. The van der Waals surface area contributed by atoms with Crippen LogP contribution in [0.5, 0.6) is 5.75 Å². The lowest BCUT2D eigenvalue weighted by Crippen LogP contribution is -2.10. The van der Waals surface area contributed by atoms with Gasteiger partial charge >= 0.3 is 11.9 Å². The van der Waals surface area contributed by atoms with Crippen molar-refractivity contribution in [2.45, 2.75) is 6.92 Å². The Bertz CT molecular complexity index is 912. The molecule has 6 heteroatoms. The van der Waals surface area contributed by atoms with E-state index in [2.05, 4.69) is 4.99 Å². The molecule has 3 rings (SSSR count). The molecule has 2 aromatic carbocycles. The van der Waals surface area contributed by atoms with Gasteiger partial charge in [0.15, 0.2) is 5.70 Å². The first-order chi connectivity index (χ1) is 12.4. The van der Waals surface area contributed by atoms with Gasteiger partial charge in [0.25, 0.3) is 0 Å². The maximum Gasteiger partial charge on any atom is 0.363 e. The molecule has 0 aromatic heterocycles. The molecule has 132 valence electrons. The van der Waals surface area contributed by atoms with Crippen molar-refractivity contribution in [1.82, 2.24) is 0 Å². The summed E-state index contributed by atoms with van der Waals surface area (Å²) in [7, 11) is 3.91. The number of esters is 2. The molecule has 0 N–H and O–H groups in total. The maximum atomic E-state index is 12.1. The fraction of sp³-hybridized carbons (Fsp3) is 0.150. The normalized spacial score (nSPS) is 14.8. The second-order valence-corrected chi connectivity index (χ2v) is 5.91. The van der Waals surface area contributed by atoms with Gasteiger partial charge < -0.3 is 14.4 Å². The summed E-state index contributed by atoms with van der Waals surface area (Å²) in [6.45, 7) is 1.31. The van der Waals surface area contributed by atoms with Gasteiger partial charge in [-0.3, -0.25) is 4.79 Å². The molecule has 0 aliphatic carbocycles.